The lowest BCUT2D eigenvalue weighted by atomic mass is 9.87. The van der Waals surface area contributed by atoms with Crippen molar-refractivity contribution >= 4 is 23.2 Å². The molecule has 3 rings (SSSR count). The van der Waals surface area contributed by atoms with E-state index in [1.807, 2.05) is 12.3 Å². The number of aliphatic carboxylic acids is 1. The summed E-state index contributed by atoms with van der Waals surface area (Å²) in [6.07, 6.45) is 4.62. The van der Waals surface area contributed by atoms with E-state index in [9.17, 15) is 14.7 Å². The molecule has 1 aliphatic heterocycles. The Morgan fingerprint density at radius 2 is 2.05 bits per heavy atom. The van der Waals surface area contributed by atoms with E-state index >= 15 is 0 Å². The highest BCUT2D eigenvalue weighted by Gasteiger charge is 2.34. The number of fused-ring (bicyclic) bond motifs is 1. The van der Waals surface area contributed by atoms with Crippen LogP contribution in [-0.4, -0.2) is 34.5 Å². The maximum atomic E-state index is 12.9. The van der Waals surface area contributed by atoms with Crippen LogP contribution in [0.3, 0.4) is 0 Å². The van der Waals surface area contributed by atoms with Gasteiger partial charge in [0.1, 0.15) is 0 Å². The van der Waals surface area contributed by atoms with Gasteiger partial charge in [0.05, 0.1) is 11.5 Å². The van der Waals surface area contributed by atoms with Gasteiger partial charge in [-0.25, -0.2) is 0 Å². The second kappa shape index (κ2) is 6.03. The lowest BCUT2D eigenvalue weighted by Crippen LogP contribution is -2.47. The fraction of sp³-hybridized carbons (Fsp3) is 0.647. The van der Waals surface area contributed by atoms with Crippen LogP contribution in [0.1, 0.15) is 53.9 Å². The second-order valence-electron chi connectivity index (χ2n) is 6.82. The van der Waals surface area contributed by atoms with Gasteiger partial charge in [0.2, 0.25) is 0 Å². The van der Waals surface area contributed by atoms with Gasteiger partial charge < -0.3 is 10.0 Å². The van der Waals surface area contributed by atoms with Crippen molar-refractivity contribution in [2.45, 2.75) is 52.0 Å². The van der Waals surface area contributed by atoms with Gasteiger partial charge in [-0.2, -0.15) is 0 Å². The molecule has 0 radical (unpaired) electrons. The van der Waals surface area contributed by atoms with Crippen molar-refractivity contribution in [2.24, 2.45) is 11.8 Å². The van der Waals surface area contributed by atoms with Crippen LogP contribution >= 0.6 is 11.3 Å². The van der Waals surface area contributed by atoms with Gasteiger partial charge in [-0.15, -0.1) is 11.3 Å². The molecular formula is C17H23NO3S. The summed E-state index contributed by atoms with van der Waals surface area (Å²) in [5.41, 5.74) is 2.04. The van der Waals surface area contributed by atoms with Gasteiger partial charge >= 0.3 is 5.97 Å². The fourth-order valence-corrected chi connectivity index (χ4v) is 4.84. The average Bonchev–Trinajstić information content (AvgIpc) is 2.89. The summed E-state index contributed by atoms with van der Waals surface area (Å²) >= 11 is 1.69. The highest BCUT2D eigenvalue weighted by Crippen LogP contribution is 2.34. The summed E-state index contributed by atoms with van der Waals surface area (Å²) < 4.78 is 0. The Hall–Kier alpha value is -1.36. The first-order valence-electron chi connectivity index (χ1n) is 8.10. The third-order valence-electron chi connectivity index (χ3n) is 5.12. The number of carbonyl (C=O) groups is 2. The Balaban J connectivity index is 1.83. The molecule has 2 heterocycles. The van der Waals surface area contributed by atoms with Gasteiger partial charge in [-0.3, -0.25) is 9.59 Å². The summed E-state index contributed by atoms with van der Waals surface area (Å²) in [5, 5.41) is 11.2. The monoisotopic (exact) mass is 321 g/mol. The van der Waals surface area contributed by atoms with Crippen molar-refractivity contribution in [1.29, 1.82) is 0 Å². The van der Waals surface area contributed by atoms with Crippen LogP contribution in [0.2, 0.25) is 0 Å². The number of carboxylic acids is 1. The van der Waals surface area contributed by atoms with E-state index in [4.69, 9.17) is 0 Å². The number of piperidine rings is 1. The summed E-state index contributed by atoms with van der Waals surface area (Å²) in [7, 11) is 0. The molecule has 0 bridgehead atoms. The number of thiophene rings is 1. The Morgan fingerprint density at radius 1 is 1.27 bits per heavy atom. The van der Waals surface area contributed by atoms with E-state index in [2.05, 4.69) is 6.92 Å². The Labute approximate surface area is 135 Å². The molecule has 3 atom stereocenters. The zero-order chi connectivity index (χ0) is 15.9. The van der Waals surface area contributed by atoms with Crippen molar-refractivity contribution < 1.29 is 14.7 Å². The molecule has 22 heavy (non-hydrogen) atoms. The molecule has 1 saturated heterocycles. The average molecular weight is 321 g/mol. The number of hydrogen-bond donors (Lipinski definition) is 1. The summed E-state index contributed by atoms with van der Waals surface area (Å²) in [5.74, 6) is -0.481. The number of nitrogens with zero attached hydrogens (tertiary/aromatic N) is 1. The van der Waals surface area contributed by atoms with Gasteiger partial charge in [0.25, 0.3) is 5.91 Å². The molecule has 1 fully saturated rings. The minimum absolute atomic E-state index is 0.0329. The third kappa shape index (κ3) is 2.78. The first kappa shape index (κ1) is 15.5. The van der Waals surface area contributed by atoms with Crippen molar-refractivity contribution in [3.05, 3.63) is 21.4 Å². The minimum atomic E-state index is -0.786. The lowest BCUT2D eigenvalue weighted by Gasteiger charge is -2.36. The number of amides is 1. The van der Waals surface area contributed by atoms with E-state index in [0.29, 0.717) is 18.9 Å². The molecule has 3 unspecified atom stereocenters. The predicted octanol–water partition coefficient (Wildman–Crippen LogP) is 3.20. The maximum Gasteiger partial charge on any atom is 0.308 e. The fourth-order valence-electron chi connectivity index (χ4n) is 3.60. The molecule has 0 aromatic carbocycles. The second-order valence-corrected chi connectivity index (χ2v) is 7.78. The lowest BCUT2D eigenvalue weighted by molar-refractivity contribution is -0.143. The molecule has 1 aromatic heterocycles. The molecule has 120 valence electrons. The van der Waals surface area contributed by atoms with Crippen molar-refractivity contribution in [1.82, 2.24) is 4.90 Å². The van der Waals surface area contributed by atoms with E-state index in [1.165, 1.54) is 10.4 Å². The molecule has 1 aromatic rings. The van der Waals surface area contributed by atoms with Crippen molar-refractivity contribution in [3.63, 3.8) is 0 Å². The Morgan fingerprint density at radius 3 is 2.77 bits per heavy atom. The third-order valence-corrected chi connectivity index (χ3v) is 6.18. The Bertz CT molecular complexity index is 595. The smallest absolute Gasteiger partial charge is 0.308 e. The van der Waals surface area contributed by atoms with E-state index in [1.54, 1.807) is 16.2 Å². The predicted molar refractivity (Wildman–Crippen MR) is 86.4 cm³/mol. The molecule has 1 aliphatic carbocycles. The van der Waals surface area contributed by atoms with E-state index < -0.39 is 11.9 Å². The van der Waals surface area contributed by atoms with Gasteiger partial charge in [0.15, 0.2) is 0 Å². The first-order chi connectivity index (χ1) is 10.5. The quantitative estimate of drug-likeness (QED) is 0.910. The zero-order valence-corrected chi connectivity index (χ0v) is 14.0. The van der Waals surface area contributed by atoms with Crippen LogP contribution in [0, 0.1) is 11.8 Å². The maximum absolute atomic E-state index is 12.9. The van der Waals surface area contributed by atoms with Crippen molar-refractivity contribution in [2.75, 3.05) is 6.54 Å². The topological polar surface area (TPSA) is 57.6 Å². The van der Waals surface area contributed by atoms with Crippen LogP contribution < -0.4 is 0 Å². The zero-order valence-electron chi connectivity index (χ0n) is 13.2. The molecule has 2 aliphatic rings. The first-order valence-corrected chi connectivity index (χ1v) is 8.98. The van der Waals surface area contributed by atoms with Crippen LogP contribution in [-0.2, 0) is 17.6 Å². The molecule has 1 N–H and O–H groups in total. The summed E-state index contributed by atoms with van der Waals surface area (Å²) in [6, 6.07) is 0.126. The van der Waals surface area contributed by atoms with E-state index in [-0.39, 0.29) is 11.9 Å². The molecule has 0 spiro atoms. The van der Waals surface area contributed by atoms with Gasteiger partial charge in [0, 0.05) is 22.8 Å². The largest absolute Gasteiger partial charge is 0.481 e. The molecule has 4 nitrogen and oxygen atoms in total. The number of hydrogen-bond acceptors (Lipinski definition) is 3. The summed E-state index contributed by atoms with van der Waals surface area (Å²) in [4.78, 5) is 27.3. The number of rotatable bonds is 2. The molecule has 1 amide bonds. The van der Waals surface area contributed by atoms with Crippen LogP contribution in [0.4, 0.5) is 0 Å². The van der Waals surface area contributed by atoms with Gasteiger partial charge in [-0.05, 0) is 50.5 Å². The standard InChI is InChI=1S/C17H23NO3S/c1-10-3-6-13-14(9-22-15(13)7-10)16(19)18-8-12(17(20)21)5-4-11(18)2/h9-12H,3-8H2,1-2H3,(H,20,21). The minimum Gasteiger partial charge on any atom is -0.481 e. The van der Waals surface area contributed by atoms with Crippen LogP contribution in [0.5, 0.6) is 0 Å². The van der Waals surface area contributed by atoms with E-state index in [0.717, 1.165) is 31.2 Å². The van der Waals surface area contributed by atoms with Crippen LogP contribution in [0.15, 0.2) is 5.38 Å². The molecule has 0 saturated carbocycles. The SMILES string of the molecule is CC1CCc2c(C(=O)N3CC(C(=O)O)CCC3C)csc2C1. The highest BCUT2D eigenvalue weighted by atomic mass is 32.1. The number of carboxylic acid groups (broad SMARTS) is 1. The molecular weight excluding hydrogens is 298 g/mol. The number of likely N-dealkylation sites (tertiary alicyclic amines) is 1. The highest BCUT2D eigenvalue weighted by molar-refractivity contribution is 7.10. The van der Waals surface area contributed by atoms with Crippen molar-refractivity contribution in [3.8, 4) is 0 Å². The normalized spacial score (nSPS) is 28.3. The Kier molecular flexibility index (Phi) is 4.26. The van der Waals surface area contributed by atoms with Crippen LogP contribution in [0.25, 0.3) is 0 Å². The molecule has 5 heteroatoms. The van der Waals surface area contributed by atoms with Gasteiger partial charge in [-0.1, -0.05) is 6.92 Å². The number of carbonyl (C=O) groups excluding carboxylic acids is 1. The summed E-state index contributed by atoms with van der Waals surface area (Å²) in [6.45, 7) is 4.63.